The van der Waals surface area contributed by atoms with Gasteiger partial charge in [0.2, 0.25) is 0 Å². The van der Waals surface area contributed by atoms with Gasteiger partial charge < -0.3 is 10.2 Å². The number of carbonyl (C=O) groups excluding carboxylic acids is 2. The molecule has 0 heterocycles. The number of allylic oxidation sites excluding steroid dienone is 6. The van der Waals surface area contributed by atoms with E-state index in [1.807, 2.05) is 47.6 Å². The molecule has 0 fully saturated rings. The minimum Gasteiger partial charge on any atom is -0.508 e. The van der Waals surface area contributed by atoms with Gasteiger partial charge in [-0.2, -0.15) is 0 Å². The Morgan fingerprint density at radius 3 is 1.41 bits per heavy atom. The van der Waals surface area contributed by atoms with E-state index in [1.165, 1.54) is 12.2 Å². The van der Waals surface area contributed by atoms with Crippen LogP contribution in [0.4, 0.5) is 0 Å². The zero-order valence-electron chi connectivity index (χ0n) is 18.4. The Balaban J connectivity index is 0.00000120. The van der Waals surface area contributed by atoms with E-state index in [0.29, 0.717) is 5.56 Å². The molecule has 0 bridgehead atoms. The SMILES string of the molecule is CC.CC.CC.O=C1CC=CC(O)=C1C(C1=C(O)C=CCC1=O)c1ccccc1. The van der Waals surface area contributed by atoms with E-state index >= 15 is 0 Å². The van der Waals surface area contributed by atoms with Crippen LogP contribution >= 0.6 is 0 Å². The molecule has 29 heavy (non-hydrogen) atoms. The monoisotopic (exact) mass is 398 g/mol. The number of aliphatic hydroxyl groups is 2. The first-order chi connectivity index (χ1) is 14.1. The van der Waals surface area contributed by atoms with Gasteiger partial charge in [0.1, 0.15) is 11.5 Å². The highest BCUT2D eigenvalue weighted by atomic mass is 16.3. The second-order valence-electron chi connectivity index (χ2n) is 5.50. The fraction of sp³-hybridized carbons (Fsp3) is 0.360. The van der Waals surface area contributed by atoms with Crippen molar-refractivity contribution < 1.29 is 19.8 Å². The van der Waals surface area contributed by atoms with Gasteiger partial charge in [0, 0.05) is 29.9 Å². The molecule has 0 spiro atoms. The van der Waals surface area contributed by atoms with Crippen molar-refractivity contribution in [1.29, 1.82) is 0 Å². The van der Waals surface area contributed by atoms with Crippen LogP contribution in [0.1, 0.15) is 65.9 Å². The zero-order chi connectivity index (χ0) is 22.4. The van der Waals surface area contributed by atoms with E-state index in [-0.39, 0.29) is 47.1 Å². The Kier molecular flexibility index (Phi) is 12.8. The van der Waals surface area contributed by atoms with Crippen LogP contribution in [0.5, 0.6) is 0 Å². The van der Waals surface area contributed by atoms with Crippen molar-refractivity contribution in [3.8, 4) is 0 Å². The zero-order valence-corrected chi connectivity index (χ0v) is 18.4. The van der Waals surface area contributed by atoms with Crippen LogP contribution in [-0.4, -0.2) is 21.8 Å². The summed E-state index contributed by atoms with van der Waals surface area (Å²) in [5.41, 5.74) is 0.996. The van der Waals surface area contributed by atoms with Crippen LogP contribution in [0, 0.1) is 0 Å². The van der Waals surface area contributed by atoms with Gasteiger partial charge in [0.15, 0.2) is 11.6 Å². The maximum Gasteiger partial charge on any atom is 0.167 e. The lowest BCUT2D eigenvalue weighted by Crippen LogP contribution is -2.23. The molecule has 4 heteroatoms. The number of benzene rings is 1. The highest BCUT2D eigenvalue weighted by Gasteiger charge is 2.35. The maximum absolute atomic E-state index is 12.4. The number of Topliss-reactive ketones (excluding diaryl/α,β-unsaturated/α-hetero) is 2. The standard InChI is InChI=1S/C19H16O4.3C2H6/c20-13-8-4-9-14(21)18(13)17(12-6-2-1-3-7-12)19-15(22)10-5-11-16(19)23;3*1-2/h1-8,10,17,20,22H,9,11H2;3*1-2H3. The lowest BCUT2D eigenvalue weighted by atomic mass is 9.76. The highest BCUT2D eigenvalue weighted by Crippen LogP contribution is 2.39. The smallest absolute Gasteiger partial charge is 0.167 e. The quantitative estimate of drug-likeness (QED) is 0.607. The van der Waals surface area contributed by atoms with Gasteiger partial charge in [-0.3, -0.25) is 9.59 Å². The van der Waals surface area contributed by atoms with Crippen molar-refractivity contribution in [3.05, 3.63) is 82.9 Å². The predicted octanol–water partition coefficient (Wildman–Crippen LogP) is 6.53. The summed E-state index contributed by atoms with van der Waals surface area (Å²) >= 11 is 0. The molecule has 2 N–H and O–H groups in total. The second kappa shape index (κ2) is 14.2. The molecule has 0 amide bonds. The van der Waals surface area contributed by atoms with Crippen LogP contribution in [0.2, 0.25) is 0 Å². The van der Waals surface area contributed by atoms with Crippen molar-refractivity contribution in [2.24, 2.45) is 0 Å². The minimum absolute atomic E-state index is 0.155. The molecule has 0 unspecified atom stereocenters. The van der Waals surface area contributed by atoms with Crippen molar-refractivity contribution in [2.75, 3.05) is 0 Å². The van der Waals surface area contributed by atoms with E-state index in [0.717, 1.165) is 0 Å². The van der Waals surface area contributed by atoms with Gasteiger partial charge in [-0.25, -0.2) is 0 Å². The molecule has 158 valence electrons. The van der Waals surface area contributed by atoms with Crippen molar-refractivity contribution in [3.63, 3.8) is 0 Å². The summed E-state index contributed by atoms with van der Waals surface area (Å²) in [6.07, 6.45) is 6.43. The lowest BCUT2D eigenvalue weighted by Gasteiger charge is -2.26. The Morgan fingerprint density at radius 1 is 0.690 bits per heavy atom. The third kappa shape index (κ3) is 6.60. The first kappa shape index (κ1) is 26.1. The van der Waals surface area contributed by atoms with Gasteiger partial charge in [-0.15, -0.1) is 0 Å². The molecular weight excluding hydrogens is 364 g/mol. The second-order valence-corrected chi connectivity index (χ2v) is 5.50. The molecule has 0 atom stereocenters. The van der Waals surface area contributed by atoms with E-state index in [4.69, 9.17) is 0 Å². The van der Waals surface area contributed by atoms with E-state index in [2.05, 4.69) is 0 Å². The fourth-order valence-electron chi connectivity index (χ4n) is 2.98. The molecule has 1 aromatic rings. The van der Waals surface area contributed by atoms with Crippen LogP contribution in [0.3, 0.4) is 0 Å². The Morgan fingerprint density at radius 2 is 1.07 bits per heavy atom. The van der Waals surface area contributed by atoms with Crippen molar-refractivity contribution in [2.45, 2.75) is 60.3 Å². The van der Waals surface area contributed by atoms with Crippen LogP contribution in [0.25, 0.3) is 0 Å². The summed E-state index contributed by atoms with van der Waals surface area (Å²) in [4.78, 5) is 24.7. The van der Waals surface area contributed by atoms with Crippen LogP contribution < -0.4 is 0 Å². The highest BCUT2D eigenvalue weighted by molar-refractivity contribution is 6.06. The fourth-order valence-corrected chi connectivity index (χ4v) is 2.98. The summed E-state index contributed by atoms with van der Waals surface area (Å²) in [7, 11) is 0. The normalized spacial score (nSPS) is 15.1. The Hall–Kier alpha value is -2.88. The Bertz CT molecular complexity index is 732. The molecule has 2 aliphatic carbocycles. The molecule has 0 aromatic heterocycles. The van der Waals surface area contributed by atoms with Crippen molar-refractivity contribution in [1.82, 2.24) is 0 Å². The third-order valence-electron chi connectivity index (χ3n) is 4.02. The van der Waals surface area contributed by atoms with Crippen molar-refractivity contribution >= 4 is 11.6 Å². The Labute approximate surface area is 175 Å². The van der Waals surface area contributed by atoms with Gasteiger partial charge in [-0.1, -0.05) is 84.0 Å². The topological polar surface area (TPSA) is 74.6 Å². The van der Waals surface area contributed by atoms with E-state index < -0.39 is 5.92 Å². The average Bonchev–Trinajstić information content (AvgIpc) is 2.77. The first-order valence-electron chi connectivity index (χ1n) is 10.4. The summed E-state index contributed by atoms with van der Waals surface area (Å²) in [5.74, 6) is -1.58. The number of carbonyl (C=O) groups is 2. The summed E-state index contributed by atoms with van der Waals surface area (Å²) in [5, 5.41) is 20.4. The molecule has 2 aliphatic rings. The van der Waals surface area contributed by atoms with Gasteiger partial charge in [-0.05, 0) is 17.7 Å². The largest absolute Gasteiger partial charge is 0.508 e. The summed E-state index contributed by atoms with van der Waals surface area (Å²) < 4.78 is 0. The number of hydrogen-bond acceptors (Lipinski definition) is 4. The molecule has 0 aliphatic heterocycles. The number of aliphatic hydroxyl groups excluding tert-OH is 2. The third-order valence-corrected chi connectivity index (χ3v) is 4.02. The molecular formula is C25H34O4. The predicted molar refractivity (Wildman–Crippen MR) is 120 cm³/mol. The molecule has 1 aromatic carbocycles. The summed E-state index contributed by atoms with van der Waals surface area (Å²) in [6, 6.07) is 8.98. The number of rotatable bonds is 3. The van der Waals surface area contributed by atoms with E-state index in [1.54, 1.807) is 36.4 Å². The van der Waals surface area contributed by atoms with Gasteiger partial charge in [0.05, 0.1) is 0 Å². The molecule has 3 rings (SSSR count). The maximum atomic E-state index is 12.4. The molecule has 0 saturated carbocycles. The number of hydrogen-bond donors (Lipinski definition) is 2. The lowest BCUT2D eigenvalue weighted by molar-refractivity contribution is -0.115. The molecule has 0 saturated heterocycles. The summed E-state index contributed by atoms with van der Waals surface area (Å²) in [6.45, 7) is 12.0. The van der Waals surface area contributed by atoms with Crippen LogP contribution in [-0.2, 0) is 9.59 Å². The van der Waals surface area contributed by atoms with Crippen LogP contribution in [0.15, 0.2) is 77.3 Å². The van der Waals surface area contributed by atoms with Gasteiger partial charge >= 0.3 is 0 Å². The minimum atomic E-state index is -0.772. The van der Waals surface area contributed by atoms with Gasteiger partial charge in [0.25, 0.3) is 0 Å². The average molecular weight is 399 g/mol. The molecule has 0 radical (unpaired) electrons. The molecule has 4 nitrogen and oxygen atoms in total. The van der Waals surface area contributed by atoms with E-state index in [9.17, 15) is 19.8 Å². The first-order valence-corrected chi connectivity index (χ1v) is 10.4. The number of ketones is 2.